The van der Waals surface area contributed by atoms with E-state index < -0.39 is 0 Å². The maximum absolute atomic E-state index is 5.62. The largest absolute Gasteiger partial charge is 0.491 e. The van der Waals surface area contributed by atoms with Crippen molar-refractivity contribution < 1.29 is 4.74 Å². The van der Waals surface area contributed by atoms with Crippen LogP contribution < -0.4 is 10.5 Å². The average Bonchev–Trinajstić information content (AvgIpc) is 2.38. The molecule has 0 saturated carbocycles. The quantitative estimate of drug-likeness (QED) is 0.914. The van der Waals surface area contributed by atoms with Crippen LogP contribution in [0, 0.1) is 6.92 Å². The Labute approximate surface area is 113 Å². The van der Waals surface area contributed by atoms with E-state index in [1.807, 2.05) is 51.1 Å². The molecule has 0 radical (unpaired) electrons. The number of hydrogen-bond acceptors (Lipinski definition) is 4. The van der Waals surface area contributed by atoms with Crippen LogP contribution in [-0.2, 0) is 6.54 Å². The van der Waals surface area contributed by atoms with E-state index in [0.717, 1.165) is 22.7 Å². The first kappa shape index (κ1) is 13.5. The Balaban J connectivity index is 2.29. The van der Waals surface area contributed by atoms with Crippen molar-refractivity contribution in [2.24, 2.45) is 5.73 Å². The number of rotatable bonds is 4. The molecule has 0 bridgehead atoms. The highest BCUT2D eigenvalue weighted by Crippen LogP contribution is 2.22. The highest BCUT2D eigenvalue weighted by Gasteiger charge is 2.04. The Bertz CT molecular complexity index is 550. The summed E-state index contributed by atoms with van der Waals surface area (Å²) < 4.78 is 5.62. The lowest BCUT2D eigenvalue weighted by molar-refractivity contribution is 0.242. The predicted octanol–water partition coefficient (Wildman–Crippen LogP) is 2.70. The molecular formula is C15H19N3O. The molecule has 0 fully saturated rings. The molecular weight excluding hydrogens is 238 g/mol. The highest BCUT2D eigenvalue weighted by molar-refractivity contribution is 5.60. The molecule has 2 rings (SSSR count). The van der Waals surface area contributed by atoms with E-state index in [9.17, 15) is 0 Å². The molecule has 1 heterocycles. The second-order valence-electron chi connectivity index (χ2n) is 4.71. The lowest BCUT2D eigenvalue weighted by Crippen LogP contribution is -2.06. The van der Waals surface area contributed by atoms with E-state index in [-0.39, 0.29) is 6.10 Å². The third-order valence-electron chi connectivity index (χ3n) is 2.60. The van der Waals surface area contributed by atoms with Gasteiger partial charge in [-0.3, -0.25) is 0 Å². The van der Waals surface area contributed by atoms with Crippen LogP contribution >= 0.6 is 0 Å². The lowest BCUT2D eigenvalue weighted by Gasteiger charge is -2.10. The van der Waals surface area contributed by atoms with Crippen molar-refractivity contribution in [2.45, 2.75) is 33.4 Å². The minimum atomic E-state index is 0.177. The highest BCUT2D eigenvalue weighted by atomic mass is 16.5. The predicted molar refractivity (Wildman–Crippen MR) is 75.9 cm³/mol. The van der Waals surface area contributed by atoms with Gasteiger partial charge in [0.05, 0.1) is 18.3 Å². The van der Waals surface area contributed by atoms with Crippen molar-refractivity contribution in [1.29, 1.82) is 0 Å². The Morgan fingerprint density at radius 2 is 1.84 bits per heavy atom. The second-order valence-corrected chi connectivity index (χ2v) is 4.71. The summed E-state index contributed by atoms with van der Waals surface area (Å²) in [5.41, 5.74) is 8.45. The Morgan fingerprint density at radius 3 is 2.42 bits per heavy atom. The van der Waals surface area contributed by atoms with Gasteiger partial charge in [-0.05, 0) is 51.1 Å². The van der Waals surface area contributed by atoms with Crippen molar-refractivity contribution in [3.63, 3.8) is 0 Å². The van der Waals surface area contributed by atoms with Gasteiger partial charge in [-0.25, -0.2) is 9.97 Å². The topological polar surface area (TPSA) is 61.0 Å². The standard InChI is InChI=1S/C15H19N3O/c1-10(2)19-13-6-4-12(5-7-13)14-8-11(3)17-15(9-16)18-14/h4-8,10H,9,16H2,1-3H3. The Kier molecular flexibility index (Phi) is 4.12. The first-order valence-electron chi connectivity index (χ1n) is 6.40. The van der Waals surface area contributed by atoms with Crippen molar-refractivity contribution >= 4 is 0 Å². The van der Waals surface area contributed by atoms with Gasteiger partial charge < -0.3 is 10.5 Å². The van der Waals surface area contributed by atoms with Gasteiger partial charge in [-0.2, -0.15) is 0 Å². The number of benzene rings is 1. The van der Waals surface area contributed by atoms with Crippen molar-refractivity contribution in [2.75, 3.05) is 0 Å². The number of aromatic nitrogens is 2. The second kappa shape index (κ2) is 5.80. The molecule has 0 unspecified atom stereocenters. The minimum absolute atomic E-state index is 0.177. The van der Waals surface area contributed by atoms with E-state index >= 15 is 0 Å². The minimum Gasteiger partial charge on any atom is -0.491 e. The van der Waals surface area contributed by atoms with Gasteiger partial charge >= 0.3 is 0 Å². The van der Waals surface area contributed by atoms with Gasteiger partial charge in [0, 0.05) is 11.3 Å². The van der Waals surface area contributed by atoms with Crippen LogP contribution in [0.15, 0.2) is 30.3 Å². The average molecular weight is 257 g/mol. The normalized spacial score (nSPS) is 10.8. The van der Waals surface area contributed by atoms with Gasteiger partial charge in [-0.1, -0.05) is 0 Å². The third kappa shape index (κ3) is 3.51. The van der Waals surface area contributed by atoms with Crippen LogP contribution in [0.3, 0.4) is 0 Å². The molecule has 2 N–H and O–H groups in total. The molecule has 0 atom stereocenters. The third-order valence-corrected chi connectivity index (χ3v) is 2.60. The van der Waals surface area contributed by atoms with E-state index in [2.05, 4.69) is 9.97 Å². The van der Waals surface area contributed by atoms with Crippen LogP contribution in [0.4, 0.5) is 0 Å². The van der Waals surface area contributed by atoms with E-state index in [0.29, 0.717) is 12.4 Å². The van der Waals surface area contributed by atoms with Gasteiger partial charge in [0.1, 0.15) is 11.6 Å². The summed E-state index contributed by atoms with van der Waals surface area (Å²) >= 11 is 0. The number of nitrogens with two attached hydrogens (primary N) is 1. The number of nitrogens with zero attached hydrogens (tertiary/aromatic N) is 2. The first-order valence-corrected chi connectivity index (χ1v) is 6.40. The summed E-state index contributed by atoms with van der Waals surface area (Å²) in [6.07, 6.45) is 0.177. The first-order chi connectivity index (χ1) is 9.08. The van der Waals surface area contributed by atoms with Crippen LogP contribution in [0.1, 0.15) is 25.4 Å². The zero-order valence-corrected chi connectivity index (χ0v) is 11.6. The molecule has 0 saturated heterocycles. The molecule has 4 nitrogen and oxygen atoms in total. The van der Waals surface area contributed by atoms with Gasteiger partial charge in [0.2, 0.25) is 0 Å². The van der Waals surface area contributed by atoms with Gasteiger partial charge in [-0.15, -0.1) is 0 Å². The molecule has 2 aromatic rings. The fraction of sp³-hybridized carbons (Fsp3) is 0.333. The summed E-state index contributed by atoms with van der Waals surface area (Å²) in [5, 5.41) is 0. The Morgan fingerprint density at radius 1 is 1.16 bits per heavy atom. The van der Waals surface area contributed by atoms with Crippen LogP contribution in [0.2, 0.25) is 0 Å². The van der Waals surface area contributed by atoms with E-state index in [1.54, 1.807) is 0 Å². The maximum atomic E-state index is 5.62. The molecule has 19 heavy (non-hydrogen) atoms. The van der Waals surface area contributed by atoms with Crippen molar-refractivity contribution in [3.05, 3.63) is 41.9 Å². The Hall–Kier alpha value is -1.94. The smallest absolute Gasteiger partial charge is 0.142 e. The van der Waals surface area contributed by atoms with Gasteiger partial charge in [0.25, 0.3) is 0 Å². The fourth-order valence-electron chi connectivity index (χ4n) is 1.85. The zero-order valence-electron chi connectivity index (χ0n) is 11.6. The fourth-order valence-corrected chi connectivity index (χ4v) is 1.85. The van der Waals surface area contributed by atoms with Gasteiger partial charge in [0.15, 0.2) is 0 Å². The zero-order chi connectivity index (χ0) is 13.8. The van der Waals surface area contributed by atoms with Crippen LogP contribution in [0.25, 0.3) is 11.3 Å². The van der Waals surface area contributed by atoms with E-state index in [4.69, 9.17) is 10.5 Å². The lowest BCUT2D eigenvalue weighted by atomic mass is 10.1. The van der Waals surface area contributed by atoms with E-state index in [1.165, 1.54) is 0 Å². The molecule has 0 aliphatic rings. The molecule has 1 aromatic carbocycles. The SMILES string of the molecule is Cc1cc(-c2ccc(OC(C)C)cc2)nc(CN)n1. The number of ether oxygens (including phenoxy) is 1. The molecule has 0 aliphatic heterocycles. The summed E-state index contributed by atoms with van der Waals surface area (Å²) in [6, 6.07) is 9.86. The van der Waals surface area contributed by atoms with Crippen molar-refractivity contribution in [3.8, 4) is 17.0 Å². The molecule has 0 spiro atoms. The number of aryl methyl sites for hydroxylation is 1. The molecule has 4 heteroatoms. The molecule has 1 aromatic heterocycles. The summed E-state index contributed by atoms with van der Waals surface area (Å²) in [4.78, 5) is 8.71. The van der Waals surface area contributed by atoms with Crippen LogP contribution in [0.5, 0.6) is 5.75 Å². The summed E-state index contributed by atoms with van der Waals surface area (Å²) in [5.74, 6) is 1.53. The molecule has 0 amide bonds. The maximum Gasteiger partial charge on any atom is 0.142 e. The number of hydrogen-bond donors (Lipinski definition) is 1. The monoisotopic (exact) mass is 257 g/mol. The van der Waals surface area contributed by atoms with Crippen LogP contribution in [-0.4, -0.2) is 16.1 Å². The summed E-state index contributed by atoms with van der Waals surface area (Å²) in [6.45, 7) is 6.31. The molecule has 0 aliphatic carbocycles. The summed E-state index contributed by atoms with van der Waals surface area (Å²) in [7, 11) is 0. The van der Waals surface area contributed by atoms with Crippen molar-refractivity contribution in [1.82, 2.24) is 9.97 Å². The molecule has 100 valence electrons.